The minimum Gasteiger partial charge on any atom is -0.352 e. The lowest BCUT2D eigenvalue weighted by Gasteiger charge is -2.17. The molecule has 1 aromatic rings. The van der Waals surface area contributed by atoms with E-state index in [0.717, 1.165) is 24.2 Å². The number of amides is 1. The van der Waals surface area contributed by atoms with Crippen molar-refractivity contribution in [2.75, 3.05) is 0 Å². The second kappa shape index (κ2) is 6.57. The molecule has 0 saturated carbocycles. The Morgan fingerprint density at radius 1 is 1.33 bits per heavy atom. The number of aromatic nitrogens is 2. The molecule has 0 aliphatic heterocycles. The molecule has 102 valence electrons. The molecule has 1 aromatic heterocycles. The van der Waals surface area contributed by atoms with Gasteiger partial charge in [-0.15, -0.1) is 0 Å². The second-order valence-electron chi connectivity index (χ2n) is 5.09. The van der Waals surface area contributed by atoms with Crippen LogP contribution in [-0.4, -0.2) is 21.7 Å². The highest BCUT2D eigenvalue weighted by Crippen LogP contribution is 2.06. The van der Waals surface area contributed by atoms with Crippen molar-refractivity contribution in [2.24, 2.45) is 5.92 Å². The maximum atomic E-state index is 11.9. The molecule has 1 atom stereocenters. The number of nitrogens with one attached hydrogen (secondary N) is 1. The molecule has 0 aliphatic rings. The highest BCUT2D eigenvalue weighted by Gasteiger charge is 2.13. The molecule has 4 heteroatoms. The number of hydrogen-bond acceptors (Lipinski definition) is 2. The Labute approximate surface area is 110 Å². The smallest absolute Gasteiger partial charge is 0.241 e. The van der Waals surface area contributed by atoms with Crippen molar-refractivity contribution in [2.45, 2.75) is 60.0 Å². The van der Waals surface area contributed by atoms with Gasteiger partial charge in [0.2, 0.25) is 5.91 Å². The Morgan fingerprint density at radius 3 is 2.50 bits per heavy atom. The van der Waals surface area contributed by atoms with Gasteiger partial charge < -0.3 is 5.32 Å². The maximum Gasteiger partial charge on any atom is 0.241 e. The Bertz CT molecular complexity index is 396. The topological polar surface area (TPSA) is 46.9 Å². The van der Waals surface area contributed by atoms with Crippen LogP contribution in [0.2, 0.25) is 0 Å². The molecule has 18 heavy (non-hydrogen) atoms. The summed E-state index contributed by atoms with van der Waals surface area (Å²) in [4.78, 5) is 11.9. The number of rotatable bonds is 6. The maximum absolute atomic E-state index is 11.9. The van der Waals surface area contributed by atoms with Crippen LogP contribution in [0.15, 0.2) is 6.07 Å². The third-order valence-corrected chi connectivity index (χ3v) is 3.32. The number of aryl methyl sites for hydroxylation is 2. The second-order valence-corrected chi connectivity index (χ2v) is 5.09. The van der Waals surface area contributed by atoms with Gasteiger partial charge in [-0.1, -0.05) is 27.7 Å². The molecule has 0 saturated heterocycles. The fourth-order valence-corrected chi connectivity index (χ4v) is 1.71. The van der Waals surface area contributed by atoms with Crippen molar-refractivity contribution < 1.29 is 4.79 Å². The molecule has 1 unspecified atom stereocenters. The molecule has 1 heterocycles. The summed E-state index contributed by atoms with van der Waals surface area (Å²) in [5, 5.41) is 7.45. The van der Waals surface area contributed by atoms with Crippen LogP contribution in [0, 0.1) is 5.92 Å². The number of carbonyl (C=O) groups is 1. The zero-order valence-electron chi connectivity index (χ0n) is 12.2. The normalized spacial score (nSPS) is 12.8. The van der Waals surface area contributed by atoms with Gasteiger partial charge in [-0.3, -0.25) is 9.48 Å². The van der Waals surface area contributed by atoms with E-state index in [1.165, 1.54) is 0 Å². The van der Waals surface area contributed by atoms with E-state index in [4.69, 9.17) is 0 Å². The van der Waals surface area contributed by atoms with Crippen molar-refractivity contribution >= 4 is 5.91 Å². The largest absolute Gasteiger partial charge is 0.352 e. The first kappa shape index (κ1) is 14.7. The number of nitrogens with zero attached hydrogens (tertiary/aromatic N) is 2. The zero-order valence-corrected chi connectivity index (χ0v) is 12.2. The van der Waals surface area contributed by atoms with Gasteiger partial charge in [-0.2, -0.15) is 5.10 Å². The predicted molar refractivity (Wildman–Crippen MR) is 73.4 cm³/mol. The SMILES string of the molecule is CCc1cc(CC)n(CC(=O)NC(C)C(C)C)n1. The Kier molecular flexibility index (Phi) is 5.38. The molecule has 0 bridgehead atoms. The van der Waals surface area contributed by atoms with Crippen LogP contribution in [0.5, 0.6) is 0 Å². The van der Waals surface area contributed by atoms with E-state index in [1.54, 1.807) is 0 Å². The van der Waals surface area contributed by atoms with Crippen molar-refractivity contribution in [1.82, 2.24) is 15.1 Å². The fraction of sp³-hybridized carbons (Fsp3) is 0.714. The van der Waals surface area contributed by atoms with E-state index in [0.29, 0.717) is 12.5 Å². The molecular weight excluding hydrogens is 226 g/mol. The molecule has 1 rings (SSSR count). The molecule has 0 spiro atoms. The molecule has 0 radical (unpaired) electrons. The first-order valence-electron chi connectivity index (χ1n) is 6.82. The van der Waals surface area contributed by atoms with Crippen LogP contribution in [0.3, 0.4) is 0 Å². The standard InChI is InChI=1S/C14H25N3O/c1-6-12-8-13(7-2)17(16-12)9-14(18)15-11(5)10(3)4/h8,10-11H,6-7,9H2,1-5H3,(H,15,18). The summed E-state index contributed by atoms with van der Waals surface area (Å²) in [5.41, 5.74) is 2.18. The summed E-state index contributed by atoms with van der Waals surface area (Å²) in [6.07, 6.45) is 1.81. The van der Waals surface area contributed by atoms with Crippen LogP contribution in [0.4, 0.5) is 0 Å². The minimum atomic E-state index is 0.0386. The summed E-state index contributed by atoms with van der Waals surface area (Å²) in [5.74, 6) is 0.486. The fourth-order valence-electron chi connectivity index (χ4n) is 1.71. The molecule has 0 aromatic carbocycles. The molecule has 1 amide bonds. The molecule has 1 N–H and O–H groups in total. The van der Waals surface area contributed by atoms with E-state index >= 15 is 0 Å². The van der Waals surface area contributed by atoms with E-state index < -0.39 is 0 Å². The Morgan fingerprint density at radius 2 is 2.00 bits per heavy atom. The van der Waals surface area contributed by atoms with Gasteiger partial charge in [0.1, 0.15) is 6.54 Å². The number of hydrogen-bond donors (Lipinski definition) is 1. The van der Waals surface area contributed by atoms with Crippen LogP contribution in [-0.2, 0) is 24.2 Å². The monoisotopic (exact) mass is 251 g/mol. The average Bonchev–Trinajstić information content (AvgIpc) is 2.70. The van der Waals surface area contributed by atoms with Crippen molar-refractivity contribution in [3.63, 3.8) is 0 Å². The highest BCUT2D eigenvalue weighted by molar-refractivity contribution is 5.76. The van der Waals surface area contributed by atoms with Crippen molar-refractivity contribution in [3.05, 3.63) is 17.5 Å². The van der Waals surface area contributed by atoms with Gasteiger partial charge in [0.15, 0.2) is 0 Å². The molecular formula is C14H25N3O. The van der Waals surface area contributed by atoms with Crippen LogP contribution >= 0.6 is 0 Å². The van der Waals surface area contributed by atoms with Gasteiger partial charge in [0.25, 0.3) is 0 Å². The lowest BCUT2D eigenvalue weighted by Crippen LogP contribution is -2.38. The van der Waals surface area contributed by atoms with Crippen molar-refractivity contribution in [3.8, 4) is 0 Å². The van der Waals surface area contributed by atoms with Crippen molar-refractivity contribution in [1.29, 1.82) is 0 Å². The molecule has 4 nitrogen and oxygen atoms in total. The van der Waals surface area contributed by atoms with Gasteiger partial charge in [0.05, 0.1) is 5.69 Å². The average molecular weight is 251 g/mol. The summed E-state index contributed by atoms with van der Waals surface area (Å²) in [7, 11) is 0. The molecule has 0 aliphatic carbocycles. The lowest BCUT2D eigenvalue weighted by molar-refractivity contribution is -0.122. The van der Waals surface area contributed by atoms with Gasteiger partial charge in [-0.25, -0.2) is 0 Å². The highest BCUT2D eigenvalue weighted by atomic mass is 16.2. The lowest BCUT2D eigenvalue weighted by atomic mass is 10.1. The van der Waals surface area contributed by atoms with Crippen LogP contribution < -0.4 is 5.32 Å². The quantitative estimate of drug-likeness (QED) is 0.842. The van der Waals surface area contributed by atoms with Gasteiger partial charge >= 0.3 is 0 Å². The van der Waals surface area contributed by atoms with E-state index in [2.05, 4.69) is 44.2 Å². The van der Waals surface area contributed by atoms with E-state index in [9.17, 15) is 4.79 Å². The Balaban J connectivity index is 2.66. The predicted octanol–water partition coefficient (Wildman–Crippen LogP) is 2.17. The van der Waals surface area contributed by atoms with Gasteiger partial charge in [-0.05, 0) is 31.7 Å². The van der Waals surface area contributed by atoms with E-state index in [-0.39, 0.29) is 11.9 Å². The first-order chi connectivity index (χ1) is 8.47. The third kappa shape index (κ3) is 3.86. The summed E-state index contributed by atoms with van der Waals surface area (Å²) in [6, 6.07) is 2.28. The van der Waals surface area contributed by atoms with E-state index in [1.807, 2.05) is 11.6 Å². The summed E-state index contributed by atoms with van der Waals surface area (Å²) < 4.78 is 1.82. The minimum absolute atomic E-state index is 0.0386. The van der Waals surface area contributed by atoms with Crippen LogP contribution in [0.1, 0.15) is 46.0 Å². The Hall–Kier alpha value is -1.32. The summed E-state index contributed by atoms with van der Waals surface area (Å²) in [6.45, 7) is 10.7. The van der Waals surface area contributed by atoms with Crippen LogP contribution in [0.25, 0.3) is 0 Å². The zero-order chi connectivity index (χ0) is 13.7. The number of carbonyl (C=O) groups excluding carboxylic acids is 1. The third-order valence-electron chi connectivity index (χ3n) is 3.32. The molecule has 0 fully saturated rings. The summed E-state index contributed by atoms with van der Waals surface area (Å²) >= 11 is 0. The first-order valence-corrected chi connectivity index (χ1v) is 6.82. The van der Waals surface area contributed by atoms with Gasteiger partial charge in [0, 0.05) is 11.7 Å².